The zero-order chi connectivity index (χ0) is 16.6. The first-order valence-electron chi connectivity index (χ1n) is 7.62. The number of hydrogen-bond donors (Lipinski definition) is 1. The van der Waals surface area contributed by atoms with Crippen molar-refractivity contribution in [2.75, 3.05) is 5.43 Å². The number of halogens is 1. The summed E-state index contributed by atoms with van der Waals surface area (Å²) >= 11 is 0. The lowest BCUT2D eigenvalue weighted by Crippen LogP contribution is -2.00. The summed E-state index contributed by atoms with van der Waals surface area (Å²) in [5.74, 6) is 0.193. The maximum absolute atomic E-state index is 13.2. The third-order valence-electron chi connectivity index (χ3n) is 3.42. The molecule has 24 heavy (non-hydrogen) atoms. The molecule has 0 heterocycles. The zero-order valence-corrected chi connectivity index (χ0v) is 13.0. The van der Waals surface area contributed by atoms with E-state index in [1.54, 1.807) is 18.3 Å². The van der Waals surface area contributed by atoms with Crippen molar-refractivity contribution in [1.82, 2.24) is 0 Å². The second-order valence-electron chi connectivity index (χ2n) is 5.18. The summed E-state index contributed by atoms with van der Waals surface area (Å²) in [5, 5.41) is 4.25. The first-order chi connectivity index (χ1) is 11.8. The Hall–Kier alpha value is -3.14. The van der Waals surface area contributed by atoms with Crippen LogP contribution in [0.3, 0.4) is 0 Å². The molecular formula is C20H17FN2O. The lowest BCUT2D eigenvalue weighted by atomic mass is 10.1. The molecule has 3 aromatic carbocycles. The molecule has 1 N–H and O–H groups in total. The molecule has 0 radical (unpaired) electrons. The predicted molar refractivity (Wildman–Crippen MR) is 94.8 cm³/mol. The average molecular weight is 320 g/mol. The molecule has 3 rings (SSSR count). The lowest BCUT2D eigenvalue weighted by Gasteiger charge is -2.09. The van der Waals surface area contributed by atoms with Crippen molar-refractivity contribution in [1.29, 1.82) is 0 Å². The van der Waals surface area contributed by atoms with Gasteiger partial charge < -0.3 is 4.74 Å². The third kappa shape index (κ3) is 4.43. The van der Waals surface area contributed by atoms with Crippen molar-refractivity contribution in [3.05, 3.63) is 95.8 Å². The number of hydrogen-bond acceptors (Lipinski definition) is 3. The van der Waals surface area contributed by atoms with E-state index in [0.29, 0.717) is 12.4 Å². The van der Waals surface area contributed by atoms with Crippen LogP contribution in [0.15, 0.2) is 84.0 Å². The van der Waals surface area contributed by atoms with E-state index in [4.69, 9.17) is 4.74 Å². The van der Waals surface area contributed by atoms with E-state index in [1.165, 1.54) is 12.1 Å². The van der Waals surface area contributed by atoms with Crippen molar-refractivity contribution < 1.29 is 9.13 Å². The second-order valence-corrected chi connectivity index (χ2v) is 5.18. The van der Waals surface area contributed by atoms with Gasteiger partial charge in [-0.15, -0.1) is 0 Å². The quantitative estimate of drug-likeness (QED) is 0.520. The Morgan fingerprint density at radius 2 is 1.71 bits per heavy atom. The van der Waals surface area contributed by atoms with Gasteiger partial charge in [0.2, 0.25) is 0 Å². The van der Waals surface area contributed by atoms with Crippen LogP contribution in [-0.4, -0.2) is 6.21 Å². The van der Waals surface area contributed by atoms with E-state index < -0.39 is 0 Å². The van der Waals surface area contributed by atoms with E-state index >= 15 is 0 Å². The number of ether oxygens (including phenoxy) is 1. The summed E-state index contributed by atoms with van der Waals surface area (Å²) in [4.78, 5) is 0. The van der Waals surface area contributed by atoms with Crippen LogP contribution < -0.4 is 10.2 Å². The number of hydrazone groups is 1. The number of anilines is 1. The summed E-state index contributed by atoms with van der Waals surface area (Å²) in [7, 11) is 0. The highest BCUT2D eigenvalue weighted by atomic mass is 19.1. The molecule has 3 aromatic rings. The fraction of sp³-hybridized carbons (Fsp3) is 0.0500. The van der Waals surface area contributed by atoms with Crippen molar-refractivity contribution in [3.8, 4) is 5.75 Å². The number of para-hydroxylation sites is 1. The molecule has 0 atom stereocenters. The molecule has 0 fully saturated rings. The summed E-state index contributed by atoms with van der Waals surface area (Å²) in [6.45, 7) is 0.344. The molecule has 0 aliphatic rings. The minimum atomic E-state index is -0.311. The number of nitrogens with one attached hydrogen (secondary N) is 1. The predicted octanol–water partition coefficient (Wildman–Crippen LogP) is 4.85. The Kier molecular flexibility index (Phi) is 5.20. The molecule has 3 nitrogen and oxygen atoms in total. The Labute approximate surface area is 140 Å². The van der Waals surface area contributed by atoms with Crippen molar-refractivity contribution in [2.24, 2.45) is 5.10 Å². The second kappa shape index (κ2) is 7.92. The van der Waals surface area contributed by atoms with E-state index in [1.807, 2.05) is 54.6 Å². The SMILES string of the molecule is Fc1cccc(OCc2ccccc2C=NNc2ccccc2)c1. The topological polar surface area (TPSA) is 33.6 Å². The molecule has 0 amide bonds. The van der Waals surface area contributed by atoms with Gasteiger partial charge in [0.15, 0.2) is 0 Å². The molecule has 0 spiro atoms. The molecule has 120 valence electrons. The normalized spacial score (nSPS) is 10.7. The molecule has 0 unspecified atom stereocenters. The highest BCUT2D eigenvalue weighted by molar-refractivity contribution is 5.82. The lowest BCUT2D eigenvalue weighted by molar-refractivity contribution is 0.304. The smallest absolute Gasteiger partial charge is 0.126 e. The van der Waals surface area contributed by atoms with Crippen molar-refractivity contribution >= 4 is 11.9 Å². The highest BCUT2D eigenvalue weighted by Crippen LogP contribution is 2.15. The zero-order valence-electron chi connectivity index (χ0n) is 13.0. The monoisotopic (exact) mass is 320 g/mol. The fourth-order valence-corrected chi connectivity index (χ4v) is 2.20. The molecule has 4 heteroatoms. The maximum Gasteiger partial charge on any atom is 0.126 e. The van der Waals surface area contributed by atoms with Gasteiger partial charge in [0.1, 0.15) is 18.2 Å². The van der Waals surface area contributed by atoms with E-state index in [0.717, 1.165) is 16.8 Å². The van der Waals surface area contributed by atoms with Gasteiger partial charge in [-0.2, -0.15) is 5.10 Å². The molecule has 0 aromatic heterocycles. The molecule has 0 saturated carbocycles. The van der Waals surface area contributed by atoms with Crippen molar-refractivity contribution in [2.45, 2.75) is 6.61 Å². The van der Waals surface area contributed by atoms with Crippen LogP contribution in [0.25, 0.3) is 0 Å². The van der Waals surface area contributed by atoms with E-state index in [-0.39, 0.29) is 5.82 Å². The molecular weight excluding hydrogens is 303 g/mol. The van der Waals surface area contributed by atoms with Crippen LogP contribution in [0, 0.1) is 5.82 Å². The van der Waals surface area contributed by atoms with Crippen LogP contribution in [0.2, 0.25) is 0 Å². The van der Waals surface area contributed by atoms with Gasteiger partial charge >= 0.3 is 0 Å². The first kappa shape index (κ1) is 15.7. The van der Waals surface area contributed by atoms with Gasteiger partial charge in [0.05, 0.1) is 11.9 Å². The van der Waals surface area contributed by atoms with Gasteiger partial charge in [0.25, 0.3) is 0 Å². The number of nitrogens with zero attached hydrogens (tertiary/aromatic N) is 1. The van der Waals surface area contributed by atoms with Crippen LogP contribution in [-0.2, 0) is 6.61 Å². The maximum atomic E-state index is 13.2. The Bertz CT molecular complexity index is 819. The Morgan fingerprint density at radius 1 is 0.917 bits per heavy atom. The van der Waals surface area contributed by atoms with Crippen molar-refractivity contribution in [3.63, 3.8) is 0 Å². The van der Waals surface area contributed by atoms with Gasteiger partial charge in [-0.1, -0.05) is 48.5 Å². The van der Waals surface area contributed by atoms with E-state index in [2.05, 4.69) is 10.5 Å². The molecule has 0 aliphatic carbocycles. The van der Waals surface area contributed by atoms with Gasteiger partial charge in [-0.3, -0.25) is 5.43 Å². The highest BCUT2D eigenvalue weighted by Gasteiger charge is 2.02. The van der Waals surface area contributed by atoms with Crippen LogP contribution >= 0.6 is 0 Å². The van der Waals surface area contributed by atoms with Gasteiger partial charge in [0, 0.05) is 11.6 Å². The Balaban J connectivity index is 1.66. The Morgan fingerprint density at radius 3 is 2.54 bits per heavy atom. The molecule has 0 saturated heterocycles. The molecule has 0 aliphatic heterocycles. The largest absolute Gasteiger partial charge is 0.489 e. The number of rotatable bonds is 6. The fourth-order valence-electron chi connectivity index (χ4n) is 2.20. The minimum Gasteiger partial charge on any atom is -0.489 e. The standard InChI is InChI=1S/C20H17FN2O/c21-18-9-6-12-20(13-18)24-15-17-8-5-4-7-16(17)14-22-23-19-10-2-1-3-11-19/h1-14,23H,15H2. The van der Waals surface area contributed by atoms with Gasteiger partial charge in [-0.25, -0.2) is 4.39 Å². The summed E-state index contributed by atoms with van der Waals surface area (Å²) in [6, 6.07) is 23.6. The average Bonchev–Trinajstić information content (AvgIpc) is 2.62. The molecule has 0 bridgehead atoms. The third-order valence-corrected chi connectivity index (χ3v) is 3.42. The van der Waals surface area contributed by atoms with Crippen LogP contribution in [0.4, 0.5) is 10.1 Å². The van der Waals surface area contributed by atoms with Crippen LogP contribution in [0.5, 0.6) is 5.75 Å². The minimum absolute atomic E-state index is 0.311. The summed E-state index contributed by atoms with van der Waals surface area (Å²) in [6.07, 6.45) is 1.75. The summed E-state index contributed by atoms with van der Waals surface area (Å²) < 4.78 is 18.8. The summed E-state index contributed by atoms with van der Waals surface area (Å²) in [5.41, 5.74) is 5.81. The number of benzene rings is 3. The first-order valence-corrected chi connectivity index (χ1v) is 7.62. The van der Waals surface area contributed by atoms with E-state index in [9.17, 15) is 4.39 Å². The van der Waals surface area contributed by atoms with Gasteiger partial charge in [-0.05, 0) is 29.8 Å². The van der Waals surface area contributed by atoms with Crippen LogP contribution in [0.1, 0.15) is 11.1 Å².